The Bertz CT molecular complexity index is 1370. The number of urea groups is 1. The van der Waals surface area contributed by atoms with Crippen molar-refractivity contribution in [3.63, 3.8) is 0 Å². The van der Waals surface area contributed by atoms with Gasteiger partial charge in [0.2, 0.25) is 5.91 Å². The van der Waals surface area contributed by atoms with Crippen molar-refractivity contribution in [1.82, 2.24) is 19.9 Å². The molecule has 12 nitrogen and oxygen atoms in total. The minimum Gasteiger partial charge on any atom is -0.488 e. The Morgan fingerprint density at radius 1 is 1.20 bits per heavy atom. The number of nitrogens with one attached hydrogen (secondary N) is 2. The fraction of sp³-hybridized carbons (Fsp3) is 0.414. The summed E-state index contributed by atoms with van der Waals surface area (Å²) < 4.78 is 11.6. The molecule has 4 rings (SSSR count). The first-order chi connectivity index (χ1) is 19.6. The number of nitrogens with zero attached hydrogens (tertiary/aromatic N) is 4. The topological polar surface area (TPSA) is 150 Å². The van der Waals surface area contributed by atoms with Crippen LogP contribution in [0.15, 0.2) is 47.2 Å². The molecule has 41 heavy (non-hydrogen) atoms. The number of aliphatic hydroxyl groups is 1. The number of carbonyl (C=O) groups excluding carboxylic acids is 3. The second-order valence-electron chi connectivity index (χ2n) is 10.4. The maximum absolute atomic E-state index is 13.4. The number of ether oxygens (including phenoxy) is 1. The third kappa shape index (κ3) is 7.01. The highest BCUT2D eigenvalue weighted by atomic mass is 16.5. The summed E-state index contributed by atoms with van der Waals surface area (Å²) in [5, 5.41) is 19.4. The number of carbonyl (C=O) groups is 3. The van der Waals surface area contributed by atoms with Crippen LogP contribution in [0.25, 0.3) is 0 Å². The molecule has 0 spiro atoms. The van der Waals surface area contributed by atoms with Crippen LogP contribution in [0.3, 0.4) is 0 Å². The van der Waals surface area contributed by atoms with E-state index in [4.69, 9.17) is 9.26 Å². The van der Waals surface area contributed by atoms with Crippen LogP contribution in [-0.4, -0.2) is 81.8 Å². The molecule has 0 aliphatic carbocycles. The van der Waals surface area contributed by atoms with Gasteiger partial charge in [-0.25, -0.2) is 4.79 Å². The highest BCUT2D eigenvalue weighted by molar-refractivity contribution is 6.04. The number of anilines is 2. The minimum atomic E-state index is -0.495. The van der Waals surface area contributed by atoms with Gasteiger partial charge >= 0.3 is 6.03 Å². The summed E-state index contributed by atoms with van der Waals surface area (Å²) in [6.45, 7) is 7.54. The second kappa shape index (κ2) is 12.8. The monoisotopic (exact) mass is 564 g/mol. The van der Waals surface area contributed by atoms with Crippen molar-refractivity contribution in [3.8, 4) is 5.75 Å². The normalized spacial score (nSPS) is 17.8. The van der Waals surface area contributed by atoms with Crippen molar-refractivity contribution in [3.05, 3.63) is 65.3 Å². The molecule has 0 fully saturated rings. The summed E-state index contributed by atoms with van der Waals surface area (Å²) in [4.78, 5) is 46.3. The smallest absolute Gasteiger partial charge is 0.321 e. The van der Waals surface area contributed by atoms with Gasteiger partial charge in [0.15, 0.2) is 5.76 Å². The van der Waals surface area contributed by atoms with Crippen molar-refractivity contribution in [1.29, 1.82) is 0 Å². The number of rotatable bonds is 7. The molecule has 0 saturated heterocycles. The van der Waals surface area contributed by atoms with E-state index in [1.165, 1.54) is 17.3 Å². The summed E-state index contributed by atoms with van der Waals surface area (Å²) >= 11 is 0. The van der Waals surface area contributed by atoms with Crippen LogP contribution in [0.2, 0.25) is 0 Å². The van der Waals surface area contributed by atoms with E-state index in [0.717, 1.165) is 0 Å². The summed E-state index contributed by atoms with van der Waals surface area (Å²) in [7, 11) is 1.66. The fourth-order valence-corrected chi connectivity index (χ4v) is 4.65. The van der Waals surface area contributed by atoms with Crippen LogP contribution in [-0.2, 0) is 11.2 Å². The molecule has 0 saturated carbocycles. The number of aromatic nitrogens is 2. The molecule has 1 aliphatic heterocycles. The predicted octanol–water partition coefficient (Wildman–Crippen LogP) is 3.25. The van der Waals surface area contributed by atoms with Crippen LogP contribution >= 0.6 is 0 Å². The standard InChI is InChI=1S/C29H36N6O6/c1-17-14-35(18(2)16-36)26(37)13-22-12-23(31-28(38)21-8-10-30-11-9-21)6-7-24(22)40-25(17)15-34(5)29(39)32-27-19(3)33-41-20(27)4/h6-12,17-18,25,36H,13-16H2,1-5H3,(H,31,38)(H,32,39)/t17-,18-,25+/m0/s1. The molecule has 1 aliphatic rings. The lowest BCUT2D eigenvalue weighted by Crippen LogP contribution is -2.48. The van der Waals surface area contributed by atoms with Gasteiger partial charge in [-0.2, -0.15) is 0 Å². The molecule has 3 heterocycles. The molecular weight excluding hydrogens is 528 g/mol. The van der Waals surface area contributed by atoms with E-state index in [-0.39, 0.29) is 43.3 Å². The first-order valence-corrected chi connectivity index (χ1v) is 13.4. The third-order valence-electron chi connectivity index (χ3n) is 7.18. The molecule has 12 heteroatoms. The summed E-state index contributed by atoms with van der Waals surface area (Å²) in [5.41, 5.74) is 2.63. The lowest BCUT2D eigenvalue weighted by atomic mass is 10.0. The molecule has 1 aromatic carbocycles. The van der Waals surface area contributed by atoms with Gasteiger partial charge in [0, 0.05) is 48.7 Å². The Kier molecular flexibility index (Phi) is 9.23. The average molecular weight is 565 g/mol. The van der Waals surface area contributed by atoms with Crippen molar-refractivity contribution in [2.24, 2.45) is 5.92 Å². The van der Waals surface area contributed by atoms with Crippen molar-refractivity contribution < 1.29 is 28.8 Å². The Hall–Kier alpha value is -4.45. The SMILES string of the molecule is Cc1noc(C)c1NC(=O)N(C)C[C@H]1Oc2ccc(NC(=O)c3ccncc3)cc2CC(=O)N([C@@H](C)CO)C[C@@H]1C. The van der Waals surface area contributed by atoms with Crippen LogP contribution in [0.4, 0.5) is 16.2 Å². The van der Waals surface area contributed by atoms with Gasteiger partial charge in [0.05, 0.1) is 25.6 Å². The molecule has 0 bridgehead atoms. The zero-order valence-corrected chi connectivity index (χ0v) is 23.9. The fourth-order valence-electron chi connectivity index (χ4n) is 4.65. The molecule has 0 unspecified atom stereocenters. The van der Waals surface area contributed by atoms with E-state index in [9.17, 15) is 19.5 Å². The van der Waals surface area contributed by atoms with Crippen LogP contribution in [0.1, 0.15) is 41.2 Å². The van der Waals surface area contributed by atoms with Gasteiger partial charge in [0.1, 0.15) is 23.2 Å². The van der Waals surface area contributed by atoms with E-state index < -0.39 is 12.1 Å². The van der Waals surface area contributed by atoms with Gasteiger partial charge < -0.3 is 34.8 Å². The van der Waals surface area contributed by atoms with Crippen LogP contribution < -0.4 is 15.4 Å². The number of aliphatic hydroxyl groups excluding tert-OH is 1. The van der Waals surface area contributed by atoms with E-state index >= 15 is 0 Å². The number of likely N-dealkylation sites (N-methyl/N-ethyl adjacent to an activating group) is 1. The number of benzene rings is 1. The highest BCUT2D eigenvalue weighted by Gasteiger charge is 2.32. The maximum Gasteiger partial charge on any atom is 0.321 e. The quantitative estimate of drug-likeness (QED) is 0.396. The number of hydrogen-bond donors (Lipinski definition) is 3. The zero-order chi connectivity index (χ0) is 29.7. The lowest BCUT2D eigenvalue weighted by molar-refractivity contribution is -0.134. The maximum atomic E-state index is 13.4. The van der Waals surface area contributed by atoms with E-state index in [0.29, 0.717) is 46.3 Å². The molecule has 218 valence electrons. The number of amides is 4. The Balaban J connectivity index is 1.60. The largest absolute Gasteiger partial charge is 0.488 e. The summed E-state index contributed by atoms with van der Waals surface area (Å²) in [6.07, 6.45) is 2.59. The van der Waals surface area contributed by atoms with Crippen molar-refractivity contribution in [2.75, 3.05) is 37.4 Å². The average Bonchev–Trinajstić information content (AvgIpc) is 3.29. The van der Waals surface area contributed by atoms with E-state index in [1.54, 1.807) is 63.1 Å². The van der Waals surface area contributed by atoms with Crippen LogP contribution in [0, 0.1) is 19.8 Å². The van der Waals surface area contributed by atoms with E-state index in [1.807, 2.05) is 6.92 Å². The van der Waals surface area contributed by atoms with Gasteiger partial charge in [-0.15, -0.1) is 0 Å². The Morgan fingerprint density at radius 3 is 2.59 bits per heavy atom. The van der Waals surface area contributed by atoms with E-state index in [2.05, 4.69) is 20.8 Å². The van der Waals surface area contributed by atoms with Crippen molar-refractivity contribution >= 4 is 29.2 Å². The third-order valence-corrected chi connectivity index (χ3v) is 7.18. The number of pyridine rings is 1. The first-order valence-electron chi connectivity index (χ1n) is 13.4. The van der Waals surface area contributed by atoms with Crippen molar-refractivity contribution in [2.45, 2.75) is 46.3 Å². The second-order valence-corrected chi connectivity index (χ2v) is 10.4. The van der Waals surface area contributed by atoms with Crippen LogP contribution in [0.5, 0.6) is 5.75 Å². The minimum absolute atomic E-state index is 0.0143. The molecule has 2 aromatic heterocycles. The molecule has 3 atom stereocenters. The summed E-state index contributed by atoms with van der Waals surface area (Å²) in [6, 6.07) is 7.60. The number of hydrogen-bond acceptors (Lipinski definition) is 8. The van der Waals surface area contributed by atoms with Gasteiger partial charge in [-0.3, -0.25) is 14.6 Å². The first kappa shape index (κ1) is 29.5. The number of aryl methyl sites for hydroxylation is 2. The number of fused-ring (bicyclic) bond motifs is 1. The molecular formula is C29H36N6O6. The molecule has 4 amide bonds. The highest BCUT2D eigenvalue weighted by Crippen LogP contribution is 2.29. The zero-order valence-electron chi connectivity index (χ0n) is 23.9. The van der Waals surface area contributed by atoms with Gasteiger partial charge in [0.25, 0.3) is 5.91 Å². The molecule has 3 aromatic rings. The van der Waals surface area contributed by atoms with Gasteiger partial charge in [-0.1, -0.05) is 12.1 Å². The summed E-state index contributed by atoms with van der Waals surface area (Å²) in [5.74, 6) is 0.306. The van der Waals surface area contributed by atoms with Gasteiger partial charge in [-0.05, 0) is 51.1 Å². The Morgan fingerprint density at radius 2 is 1.93 bits per heavy atom. The lowest BCUT2D eigenvalue weighted by Gasteiger charge is -2.34. The Labute approximate surface area is 238 Å². The predicted molar refractivity (Wildman–Crippen MR) is 152 cm³/mol. The molecule has 3 N–H and O–H groups in total. The molecule has 0 radical (unpaired) electrons.